The second-order valence-corrected chi connectivity index (χ2v) is 6.86. The van der Waals surface area contributed by atoms with E-state index in [2.05, 4.69) is 0 Å². The highest BCUT2D eigenvalue weighted by molar-refractivity contribution is 7.92. The molecule has 0 saturated heterocycles. The van der Waals surface area contributed by atoms with Crippen LogP contribution in [0.15, 0.2) is 47.4 Å². The minimum Gasteiger partial charge on any atom is -0.266 e. The van der Waals surface area contributed by atoms with Crippen LogP contribution in [-0.4, -0.2) is 15.0 Å². The summed E-state index contributed by atoms with van der Waals surface area (Å²) in [6.45, 7) is 0.313. The van der Waals surface area contributed by atoms with Gasteiger partial charge >= 0.3 is 0 Å². The minimum absolute atomic E-state index is 0.141. The first-order valence-corrected chi connectivity index (χ1v) is 7.87. The van der Waals surface area contributed by atoms with Crippen LogP contribution in [0.1, 0.15) is 5.56 Å². The maximum atomic E-state index is 13.2. The van der Waals surface area contributed by atoms with Crippen molar-refractivity contribution in [2.45, 2.75) is 11.3 Å². The first-order valence-electron chi connectivity index (χ1n) is 6.05. The zero-order chi connectivity index (χ0) is 14.3. The van der Waals surface area contributed by atoms with Gasteiger partial charge in [0.1, 0.15) is 5.82 Å². The van der Waals surface area contributed by atoms with Crippen molar-refractivity contribution in [3.8, 4) is 0 Å². The Labute approximate surface area is 121 Å². The molecule has 0 fully saturated rings. The van der Waals surface area contributed by atoms with E-state index in [1.165, 1.54) is 34.6 Å². The smallest absolute Gasteiger partial charge is 0.264 e. The average molecular weight is 312 g/mol. The quantitative estimate of drug-likeness (QED) is 0.854. The Hall–Kier alpha value is -1.59. The topological polar surface area (TPSA) is 37.4 Å². The molecule has 2 aromatic carbocycles. The second-order valence-electron chi connectivity index (χ2n) is 4.56. The van der Waals surface area contributed by atoms with Gasteiger partial charge < -0.3 is 0 Å². The third kappa shape index (κ3) is 2.17. The Bertz CT molecular complexity index is 776. The van der Waals surface area contributed by atoms with Gasteiger partial charge in [0, 0.05) is 11.6 Å². The number of nitrogens with zero attached hydrogens (tertiary/aromatic N) is 1. The molecule has 0 radical (unpaired) electrons. The van der Waals surface area contributed by atoms with Crippen LogP contribution < -0.4 is 4.31 Å². The van der Waals surface area contributed by atoms with Crippen LogP contribution >= 0.6 is 11.6 Å². The third-order valence-electron chi connectivity index (χ3n) is 3.28. The summed E-state index contributed by atoms with van der Waals surface area (Å²) in [5.41, 5.74) is 1.24. The summed E-state index contributed by atoms with van der Waals surface area (Å²) < 4.78 is 39.7. The highest BCUT2D eigenvalue weighted by Gasteiger charge is 2.31. The number of hydrogen-bond donors (Lipinski definition) is 0. The number of anilines is 1. The van der Waals surface area contributed by atoms with Gasteiger partial charge in [-0.3, -0.25) is 4.31 Å². The maximum absolute atomic E-state index is 13.2. The molecule has 0 saturated carbocycles. The Morgan fingerprint density at radius 1 is 1.15 bits per heavy atom. The Kier molecular flexibility index (Phi) is 3.18. The van der Waals surface area contributed by atoms with E-state index in [0.29, 0.717) is 29.2 Å². The number of halogens is 2. The van der Waals surface area contributed by atoms with E-state index >= 15 is 0 Å². The van der Waals surface area contributed by atoms with Gasteiger partial charge in [0.15, 0.2) is 0 Å². The van der Waals surface area contributed by atoms with Gasteiger partial charge in [-0.25, -0.2) is 12.8 Å². The molecule has 0 amide bonds. The van der Waals surface area contributed by atoms with E-state index in [1.54, 1.807) is 12.1 Å². The number of benzene rings is 2. The van der Waals surface area contributed by atoms with Gasteiger partial charge in [-0.05, 0) is 48.4 Å². The van der Waals surface area contributed by atoms with E-state index in [9.17, 15) is 12.8 Å². The zero-order valence-electron chi connectivity index (χ0n) is 10.4. The Morgan fingerprint density at radius 3 is 2.70 bits per heavy atom. The summed E-state index contributed by atoms with van der Waals surface area (Å²) in [5.74, 6) is -0.356. The molecular weight excluding hydrogens is 301 g/mol. The summed E-state index contributed by atoms with van der Waals surface area (Å²) in [5, 5.41) is 0.365. The summed E-state index contributed by atoms with van der Waals surface area (Å²) in [6.07, 6.45) is 0.507. The zero-order valence-corrected chi connectivity index (χ0v) is 12.0. The molecule has 20 heavy (non-hydrogen) atoms. The van der Waals surface area contributed by atoms with Gasteiger partial charge in [0.2, 0.25) is 0 Å². The van der Waals surface area contributed by atoms with Crippen molar-refractivity contribution in [1.82, 2.24) is 0 Å². The SMILES string of the molecule is O=S(=O)(c1cccc(Cl)c1)N1CCc2cc(F)ccc21. The number of sulfonamides is 1. The van der Waals surface area contributed by atoms with Crippen LogP contribution in [0.4, 0.5) is 10.1 Å². The van der Waals surface area contributed by atoms with Crippen molar-refractivity contribution in [1.29, 1.82) is 0 Å². The Morgan fingerprint density at radius 2 is 1.95 bits per heavy atom. The van der Waals surface area contributed by atoms with Crippen LogP contribution in [0.2, 0.25) is 5.02 Å². The lowest BCUT2D eigenvalue weighted by Gasteiger charge is -2.19. The molecule has 2 aromatic rings. The summed E-state index contributed by atoms with van der Waals surface area (Å²) in [6, 6.07) is 10.3. The molecule has 0 N–H and O–H groups in total. The van der Waals surface area contributed by atoms with Crippen LogP contribution in [0.25, 0.3) is 0 Å². The van der Waals surface area contributed by atoms with Crippen molar-refractivity contribution in [2.75, 3.05) is 10.8 Å². The van der Waals surface area contributed by atoms with Crippen LogP contribution in [0, 0.1) is 5.82 Å². The molecule has 6 heteroatoms. The first kappa shape index (κ1) is 13.4. The highest BCUT2D eigenvalue weighted by atomic mass is 35.5. The van der Waals surface area contributed by atoms with E-state index in [0.717, 1.165) is 0 Å². The molecule has 1 aliphatic heterocycles. The molecule has 0 aromatic heterocycles. The van der Waals surface area contributed by atoms with Crippen LogP contribution in [0.5, 0.6) is 0 Å². The monoisotopic (exact) mass is 311 g/mol. The van der Waals surface area contributed by atoms with Gasteiger partial charge in [-0.2, -0.15) is 0 Å². The maximum Gasteiger partial charge on any atom is 0.264 e. The van der Waals surface area contributed by atoms with Crippen molar-refractivity contribution < 1.29 is 12.8 Å². The average Bonchev–Trinajstić information content (AvgIpc) is 2.82. The van der Waals surface area contributed by atoms with Crippen LogP contribution in [-0.2, 0) is 16.4 Å². The molecular formula is C14H11ClFNO2S. The molecule has 0 unspecified atom stereocenters. The molecule has 0 atom stereocenters. The van der Waals surface area contributed by atoms with Crippen molar-refractivity contribution in [3.63, 3.8) is 0 Å². The fourth-order valence-corrected chi connectivity index (χ4v) is 4.15. The number of fused-ring (bicyclic) bond motifs is 1. The molecule has 0 bridgehead atoms. The molecule has 0 spiro atoms. The molecule has 3 rings (SSSR count). The number of rotatable bonds is 2. The van der Waals surface area contributed by atoms with Crippen molar-refractivity contribution in [3.05, 3.63) is 58.9 Å². The molecule has 3 nitrogen and oxygen atoms in total. The molecule has 104 valence electrons. The van der Waals surface area contributed by atoms with Crippen LogP contribution in [0.3, 0.4) is 0 Å². The summed E-state index contributed by atoms with van der Waals surface area (Å²) >= 11 is 5.85. The van der Waals surface area contributed by atoms with Crippen molar-refractivity contribution >= 4 is 27.3 Å². The third-order valence-corrected chi connectivity index (χ3v) is 5.32. The highest BCUT2D eigenvalue weighted by Crippen LogP contribution is 2.33. The predicted molar refractivity (Wildman–Crippen MR) is 76.1 cm³/mol. The van der Waals surface area contributed by atoms with Gasteiger partial charge in [0.25, 0.3) is 10.0 Å². The van der Waals surface area contributed by atoms with E-state index in [4.69, 9.17) is 11.6 Å². The van der Waals surface area contributed by atoms with Gasteiger partial charge in [-0.1, -0.05) is 17.7 Å². The van der Waals surface area contributed by atoms with E-state index < -0.39 is 10.0 Å². The Balaban J connectivity index is 2.07. The van der Waals surface area contributed by atoms with E-state index in [1.807, 2.05) is 0 Å². The summed E-state index contributed by atoms with van der Waals surface area (Å²) in [7, 11) is -3.66. The first-order chi connectivity index (χ1) is 9.48. The minimum atomic E-state index is -3.66. The van der Waals surface area contributed by atoms with Gasteiger partial charge in [-0.15, -0.1) is 0 Å². The summed E-state index contributed by atoms with van der Waals surface area (Å²) in [4.78, 5) is 0.141. The molecule has 0 aliphatic carbocycles. The molecule has 1 heterocycles. The lowest BCUT2D eigenvalue weighted by molar-refractivity contribution is 0.592. The fourth-order valence-electron chi connectivity index (χ4n) is 2.34. The normalized spacial score (nSPS) is 14.4. The van der Waals surface area contributed by atoms with Crippen molar-refractivity contribution in [2.24, 2.45) is 0 Å². The fraction of sp³-hybridized carbons (Fsp3) is 0.143. The predicted octanol–water partition coefficient (Wildman–Crippen LogP) is 3.23. The van der Waals surface area contributed by atoms with E-state index in [-0.39, 0.29) is 10.7 Å². The standard InChI is InChI=1S/C14H11ClFNO2S/c15-11-2-1-3-13(9-11)20(18,19)17-7-6-10-8-12(16)4-5-14(10)17/h1-5,8-9H,6-7H2. The lowest BCUT2D eigenvalue weighted by Crippen LogP contribution is -2.29. The largest absolute Gasteiger partial charge is 0.266 e. The lowest BCUT2D eigenvalue weighted by atomic mass is 10.2. The second kappa shape index (κ2) is 4.75. The van der Waals surface area contributed by atoms with Gasteiger partial charge in [0.05, 0.1) is 10.6 Å². The molecule has 1 aliphatic rings. The number of hydrogen-bond acceptors (Lipinski definition) is 2.